The number of nitrogens with zero attached hydrogens (tertiary/aromatic N) is 2. The van der Waals surface area contributed by atoms with Gasteiger partial charge >= 0.3 is 6.03 Å². The van der Waals surface area contributed by atoms with Gasteiger partial charge in [0.2, 0.25) is 5.91 Å². The summed E-state index contributed by atoms with van der Waals surface area (Å²) >= 11 is 0. The Morgan fingerprint density at radius 3 is 2.24 bits per heavy atom. The minimum atomic E-state index is -0.642. The first kappa shape index (κ1) is 16.1. The number of hydrogen-bond acceptors (Lipinski definition) is 4. The molecule has 7 nitrogen and oxygen atoms in total. The fourth-order valence-electron chi connectivity index (χ4n) is 2.18. The van der Waals surface area contributed by atoms with Gasteiger partial charge in [-0.15, -0.1) is 0 Å². The number of amides is 3. The number of carbonyl (C=O) groups excluding carboxylic acids is 2. The fourth-order valence-corrected chi connectivity index (χ4v) is 2.18. The summed E-state index contributed by atoms with van der Waals surface area (Å²) in [5, 5.41) is 5.16. The van der Waals surface area contributed by atoms with Gasteiger partial charge in [0.05, 0.1) is 22.9 Å². The highest BCUT2D eigenvalue weighted by Gasteiger charge is 2.01. The first-order valence-corrected chi connectivity index (χ1v) is 7.47. The van der Waals surface area contributed by atoms with Crippen LogP contribution in [0.3, 0.4) is 0 Å². The van der Waals surface area contributed by atoms with Crippen LogP contribution < -0.4 is 16.4 Å². The van der Waals surface area contributed by atoms with Gasteiger partial charge in [-0.2, -0.15) is 0 Å². The van der Waals surface area contributed by atoms with Crippen LogP contribution in [-0.4, -0.2) is 21.9 Å². The number of primary amides is 1. The number of nitrogens with one attached hydrogen (secondary N) is 2. The fraction of sp³-hybridized carbons (Fsp3) is 0. The molecule has 0 fully saturated rings. The molecule has 1 aromatic heterocycles. The number of benzene rings is 2. The largest absolute Gasteiger partial charge is 0.351 e. The van der Waals surface area contributed by atoms with E-state index in [4.69, 9.17) is 5.73 Å². The minimum absolute atomic E-state index is 0.300. The number of carbonyl (C=O) groups is 2. The van der Waals surface area contributed by atoms with Crippen molar-refractivity contribution < 1.29 is 9.59 Å². The summed E-state index contributed by atoms with van der Waals surface area (Å²) in [5.74, 6) is -0.300. The van der Waals surface area contributed by atoms with Gasteiger partial charge in [-0.1, -0.05) is 12.1 Å². The van der Waals surface area contributed by atoms with Gasteiger partial charge in [-0.25, -0.2) is 9.78 Å². The molecule has 2 aromatic carbocycles. The van der Waals surface area contributed by atoms with Crippen molar-refractivity contribution in [2.75, 3.05) is 10.6 Å². The Bertz CT molecular complexity index is 951. The Morgan fingerprint density at radius 2 is 1.56 bits per heavy atom. The highest BCUT2D eigenvalue weighted by Crippen LogP contribution is 2.14. The first-order valence-electron chi connectivity index (χ1n) is 7.47. The Labute approximate surface area is 143 Å². The Hall–Kier alpha value is -3.74. The third kappa shape index (κ3) is 4.38. The van der Waals surface area contributed by atoms with Gasteiger partial charge in [0.25, 0.3) is 0 Å². The van der Waals surface area contributed by atoms with E-state index in [1.54, 1.807) is 36.5 Å². The molecule has 7 heteroatoms. The average molecular weight is 333 g/mol. The molecule has 0 radical (unpaired) electrons. The molecule has 3 rings (SSSR count). The summed E-state index contributed by atoms with van der Waals surface area (Å²) in [7, 11) is 0. The number of nitrogens with two attached hydrogens (primary N) is 1. The zero-order valence-electron chi connectivity index (χ0n) is 13.1. The van der Waals surface area contributed by atoms with Crippen molar-refractivity contribution in [1.82, 2.24) is 9.97 Å². The molecule has 0 spiro atoms. The summed E-state index contributed by atoms with van der Waals surface area (Å²) in [6, 6.07) is 13.5. The normalized spacial score (nSPS) is 10.7. The smallest absolute Gasteiger partial charge is 0.316 e. The van der Waals surface area contributed by atoms with Gasteiger partial charge in [-0.05, 0) is 42.5 Å². The molecule has 0 saturated carbocycles. The number of fused-ring (bicyclic) bond motifs is 1. The first-order chi connectivity index (χ1) is 12.1. The van der Waals surface area contributed by atoms with Crippen LogP contribution in [0, 0.1) is 0 Å². The van der Waals surface area contributed by atoms with E-state index in [2.05, 4.69) is 20.6 Å². The Kier molecular flexibility index (Phi) is 4.66. The van der Waals surface area contributed by atoms with E-state index < -0.39 is 6.03 Å². The molecule has 0 aliphatic heterocycles. The topological polar surface area (TPSA) is 110 Å². The number of aromatic nitrogens is 2. The number of anilines is 2. The summed E-state index contributed by atoms with van der Waals surface area (Å²) in [5.41, 5.74) is 8.33. The summed E-state index contributed by atoms with van der Waals surface area (Å²) < 4.78 is 0. The van der Waals surface area contributed by atoms with Crippen LogP contribution in [0.4, 0.5) is 16.2 Å². The van der Waals surface area contributed by atoms with Gasteiger partial charge in [0, 0.05) is 17.5 Å². The predicted octanol–water partition coefficient (Wildman–Crippen LogP) is 2.77. The van der Waals surface area contributed by atoms with Crippen LogP contribution in [0.2, 0.25) is 0 Å². The van der Waals surface area contributed by atoms with E-state index in [9.17, 15) is 9.59 Å². The Morgan fingerprint density at radius 1 is 0.920 bits per heavy atom. The molecule has 25 heavy (non-hydrogen) atoms. The van der Waals surface area contributed by atoms with E-state index >= 15 is 0 Å². The standard InChI is InChI=1S/C18H15N5O2/c19-18(25)23-13-7-5-12(6-8-13)22-17(24)10-9-14-11-20-15-3-1-2-4-16(15)21-14/h1-11H,(H,22,24)(H3,19,23,25)/b10-9+. The molecule has 0 saturated heterocycles. The van der Waals surface area contributed by atoms with Crippen molar-refractivity contribution in [3.05, 3.63) is 66.5 Å². The van der Waals surface area contributed by atoms with Crippen LogP contribution in [0.15, 0.2) is 60.8 Å². The average Bonchev–Trinajstić information content (AvgIpc) is 2.61. The van der Waals surface area contributed by atoms with E-state index in [1.165, 1.54) is 6.08 Å². The lowest BCUT2D eigenvalue weighted by Crippen LogP contribution is -2.19. The predicted molar refractivity (Wildman–Crippen MR) is 96.8 cm³/mol. The van der Waals surface area contributed by atoms with Crippen LogP contribution in [0.5, 0.6) is 0 Å². The summed E-state index contributed by atoms with van der Waals surface area (Å²) in [4.78, 5) is 31.4. The molecule has 0 unspecified atom stereocenters. The van der Waals surface area contributed by atoms with E-state index in [1.807, 2.05) is 24.3 Å². The minimum Gasteiger partial charge on any atom is -0.351 e. The van der Waals surface area contributed by atoms with Gasteiger partial charge in [0.15, 0.2) is 0 Å². The van der Waals surface area contributed by atoms with E-state index in [0.29, 0.717) is 17.1 Å². The third-order valence-corrected chi connectivity index (χ3v) is 3.29. The SMILES string of the molecule is NC(=O)Nc1ccc(NC(=O)/C=C/c2cnc3ccccc3n2)cc1. The lowest BCUT2D eigenvalue weighted by atomic mass is 10.2. The molecule has 3 amide bonds. The number of urea groups is 1. The molecule has 0 bridgehead atoms. The maximum absolute atomic E-state index is 12.0. The van der Waals surface area contributed by atoms with Crippen molar-refractivity contribution in [2.45, 2.75) is 0 Å². The zero-order chi connectivity index (χ0) is 17.6. The van der Waals surface area contributed by atoms with Crippen molar-refractivity contribution in [1.29, 1.82) is 0 Å². The van der Waals surface area contributed by atoms with Crippen molar-refractivity contribution in [3.63, 3.8) is 0 Å². The summed E-state index contributed by atoms with van der Waals surface area (Å²) in [6.45, 7) is 0. The van der Waals surface area contributed by atoms with Crippen LogP contribution in [-0.2, 0) is 4.79 Å². The number of para-hydroxylation sites is 2. The van der Waals surface area contributed by atoms with Crippen LogP contribution >= 0.6 is 0 Å². The van der Waals surface area contributed by atoms with Crippen molar-refractivity contribution in [2.24, 2.45) is 5.73 Å². The second-order valence-corrected chi connectivity index (χ2v) is 5.17. The molecule has 4 N–H and O–H groups in total. The van der Waals surface area contributed by atoms with Gasteiger partial charge in [0.1, 0.15) is 0 Å². The quantitative estimate of drug-likeness (QED) is 0.638. The van der Waals surface area contributed by atoms with Crippen LogP contribution in [0.1, 0.15) is 5.69 Å². The van der Waals surface area contributed by atoms with Crippen molar-refractivity contribution >= 4 is 40.4 Å². The monoisotopic (exact) mass is 333 g/mol. The molecule has 1 heterocycles. The zero-order valence-corrected chi connectivity index (χ0v) is 13.1. The second kappa shape index (κ2) is 7.22. The van der Waals surface area contributed by atoms with Gasteiger partial charge < -0.3 is 16.4 Å². The Balaban J connectivity index is 1.64. The molecular formula is C18H15N5O2. The van der Waals surface area contributed by atoms with E-state index in [-0.39, 0.29) is 5.91 Å². The van der Waals surface area contributed by atoms with E-state index in [0.717, 1.165) is 11.0 Å². The van der Waals surface area contributed by atoms with Crippen molar-refractivity contribution in [3.8, 4) is 0 Å². The number of rotatable bonds is 4. The molecular weight excluding hydrogens is 318 g/mol. The maximum atomic E-state index is 12.0. The lowest BCUT2D eigenvalue weighted by Gasteiger charge is -2.04. The molecule has 0 atom stereocenters. The second-order valence-electron chi connectivity index (χ2n) is 5.17. The highest BCUT2D eigenvalue weighted by molar-refractivity contribution is 6.02. The summed E-state index contributed by atoms with van der Waals surface area (Å²) in [6.07, 6.45) is 4.59. The van der Waals surface area contributed by atoms with Crippen LogP contribution in [0.25, 0.3) is 17.1 Å². The number of hydrogen-bond donors (Lipinski definition) is 3. The molecule has 0 aliphatic rings. The maximum Gasteiger partial charge on any atom is 0.316 e. The molecule has 3 aromatic rings. The highest BCUT2D eigenvalue weighted by atomic mass is 16.2. The third-order valence-electron chi connectivity index (χ3n) is 3.29. The van der Waals surface area contributed by atoms with Gasteiger partial charge in [-0.3, -0.25) is 9.78 Å². The lowest BCUT2D eigenvalue weighted by molar-refractivity contribution is -0.111. The molecule has 0 aliphatic carbocycles. The molecule has 124 valence electrons.